The molecule has 0 aromatic rings. The molecule has 1 amide bonds. The van der Waals surface area contributed by atoms with Crippen LogP contribution in [0.1, 0.15) is 12.8 Å². The van der Waals surface area contributed by atoms with Crippen LogP contribution in [0.2, 0.25) is 0 Å². The molecule has 0 saturated heterocycles. The first-order valence-corrected chi connectivity index (χ1v) is 3.12. The van der Waals surface area contributed by atoms with Gasteiger partial charge >= 0.3 is 0 Å². The van der Waals surface area contributed by atoms with E-state index in [9.17, 15) is 9.59 Å². The second-order valence-electron chi connectivity index (χ2n) is 2.80. The van der Waals surface area contributed by atoms with Gasteiger partial charge in [-0.1, -0.05) is 0 Å². The van der Waals surface area contributed by atoms with Gasteiger partial charge in [-0.05, 0) is 12.3 Å². The monoisotopic (exact) mass is 142 g/mol. The van der Waals surface area contributed by atoms with Crippen molar-refractivity contribution in [3.05, 3.63) is 0 Å². The number of primary amides is 1. The maximum atomic E-state index is 10.3. The zero-order valence-electron chi connectivity index (χ0n) is 5.54. The van der Waals surface area contributed by atoms with E-state index in [1.165, 1.54) is 0 Å². The molecule has 1 rings (SSSR count). The van der Waals surface area contributed by atoms with Gasteiger partial charge in [-0.25, -0.2) is 0 Å². The fourth-order valence-corrected chi connectivity index (χ4v) is 1.02. The summed E-state index contributed by atoms with van der Waals surface area (Å²) in [5.41, 5.74) is 9.62. The van der Waals surface area contributed by atoms with Crippen molar-refractivity contribution in [1.82, 2.24) is 0 Å². The third-order valence-corrected chi connectivity index (χ3v) is 1.87. The van der Waals surface area contributed by atoms with E-state index in [4.69, 9.17) is 11.5 Å². The van der Waals surface area contributed by atoms with Crippen molar-refractivity contribution in [3.8, 4) is 0 Å². The highest BCUT2D eigenvalue weighted by molar-refractivity contribution is 5.78. The molecular weight excluding hydrogens is 132 g/mol. The number of nitrogens with two attached hydrogens (primary N) is 2. The first-order valence-electron chi connectivity index (χ1n) is 3.12. The first-order chi connectivity index (χ1) is 4.58. The lowest BCUT2D eigenvalue weighted by Crippen LogP contribution is -2.28. The standard InChI is InChI=1S/C6H10N2O2/c7-5(10)1-4-2-6(4,8)3-9/h3-4H,1-2,8H2,(H2,7,10)/t4-,6-/m0/s1. The summed E-state index contributed by atoms with van der Waals surface area (Å²) in [6.07, 6.45) is 1.52. The number of hydrogen-bond acceptors (Lipinski definition) is 3. The summed E-state index contributed by atoms with van der Waals surface area (Å²) in [5, 5.41) is 0. The van der Waals surface area contributed by atoms with Crippen molar-refractivity contribution >= 4 is 12.2 Å². The van der Waals surface area contributed by atoms with E-state index in [0.717, 1.165) is 0 Å². The fourth-order valence-electron chi connectivity index (χ4n) is 1.02. The molecule has 1 aliphatic rings. The van der Waals surface area contributed by atoms with Gasteiger partial charge in [-0.3, -0.25) is 4.79 Å². The van der Waals surface area contributed by atoms with Gasteiger partial charge in [-0.2, -0.15) is 0 Å². The predicted molar refractivity (Wildman–Crippen MR) is 34.9 cm³/mol. The summed E-state index contributed by atoms with van der Waals surface area (Å²) < 4.78 is 0. The van der Waals surface area contributed by atoms with Crippen LogP contribution in [0.4, 0.5) is 0 Å². The smallest absolute Gasteiger partial charge is 0.217 e. The molecule has 4 nitrogen and oxygen atoms in total. The second-order valence-corrected chi connectivity index (χ2v) is 2.80. The maximum Gasteiger partial charge on any atom is 0.217 e. The van der Waals surface area contributed by atoms with Crippen molar-refractivity contribution in [3.63, 3.8) is 0 Å². The average molecular weight is 142 g/mol. The van der Waals surface area contributed by atoms with Gasteiger partial charge < -0.3 is 16.3 Å². The van der Waals surface area contributed by atoms with Crippen LogP contribution in [-0.2, 0) is 9.59 Å². The van der Waals surface area contributed by atoms with Crippen molar-refractivity contribution in [2.24, 2.45) is 17.4 Å². The molecule has 0 radical (unpaired) electrons. The van der Waals surface area contributed by atoms with Crippen LogP contribution in [0.15, 0.2) is 0 Å². The Bertz CT molecular complexity index is 181. The van der Waals surface area contributed by atoms with Gasteiger partial charge in [-0.15, -0.1) is 0 Å². The minimum absolute atomic E-state index is 0.0116. The average Bonchev–Trinajstić information content (AvgIpc) is 2.43. The van der Waals surface area contributed by atoms with E-state index in [-0.39, 0.29) is 18.2 Å². The lowest BCUT2D eigenvalue weighted by Gasteiger charge is -1.97. The van der Waals surface area contributed by atoms with Crippen LogP contribution in [0, 0.1) is 5.92 Å². The Balaban J connectivity index is 2.38. The zero-order chi connectivity index (χ0) is 7.78. The Morgan fingerprint density at radius 2 is 2.40 bits per heavy atom. The van der Waals surface area contributed by atoms with Gasteiger partial charge in [0, 0.05) is 6.42 Å². The van der Waals surface area contributed by atoms with Gasteiger partial charge in [0.15, 0.2) is 0 Å². The molecule has 0 unspecified atom stereocenters. The lowest BCUT2D eigenvalue weighted by molar-refractivity contribution is -0.118. The molecule has 1 saturated carbocycles. The molecule has 1 aliphatic carbocycles. The van der Waals surface area contributed by atoms with Crippen molar-refractivity contribution in [2.75, 3.05) is 0 Å². The number of carbonyl (C=O) groups excluding carboxylic acids is 2. The highest BCUT2D eigenvalue weighted by Gasteiger charge is 2.51. The molecule has 10 heavy (non-hydrogen) atoms. The van der Waals surface area contributed by atoms with Crippen LogP contribution < -0.4 is 11.5 Å². The highest BCUT2D eigenvalue weighted by Crippen LogP contribution is 2.41. The number of hydrogen-bond donors (Lipinski definition) is 2. The number of amides is 1. The van der Waals surface area contributed by atoms with Crippen LogP contribution in [-0.4, -0.2) is 17.7 Å². The van der Waals surface area contributed by atoms with E-state index in [2.05, 4.69) is 0 Å². The van der Waals surface area contributed by atoms with Gasteiger partial charge in [0.25, 0.3) is 0 Å². The molecule has 4 N–H and O–H groups in total. The molecule has 0 bridgehead atoms. The quantitative estimate of drug-likeness (QED) is 0.484. The molecule has 2 atom stereocenters. The van der Waals surface area contributed by atoms with E-state index >= 15 is 0 Å². The van der Waals surface area contributed by atoms with Gasteiger partial charge in [0.2, 0.25) is 5.91 Å². The van der Waals surface area contributed by atoms with Crippen molar-refractivity contribution in [1.29, 1.82) is 0 Å². The van der Waals surface area contributed by atoms with E-state index in [1.54, 1.807) is 0 Å². The van der Waals surface area contributed by atoms with Crippen molar-refractivity contribution in [2.45, 2.75) is 18.4 Å². The molecule has 0 spiro atoms. The summed E-state index contributed by atoms with van der Waals surface area (Å²) in [7, 11) is 0. The lowest BCUT2D eigenvalue weighted by atomic mass is 10.2. The molecule has 0 aromatic carbocycles. The van der Waals surface area contributed by atoms with E-state index < -0.39 is 5.54 Å². The molecule has 0 aliphatic heterocycles. The first kappa shape index (κ1) is 7.21. The topological polar surface area (TPSA) is 86.2 Å². The molecule has 0 heterocycles. The summed E-state index contributed by atoms with van der Waals surface area (Å²) in [6.45, 7) is 0. The third kappa shape index (κ3) is 1.16. The molecule has 4 heteroatoms. The van der Waals surface area contributed by atoms with Crippen LogP contribution >= 0.6 is 0 Å². The van der Waals surface area contributed by atoms with E-state index in [0.29, 0.717) is 12.7 Å². The Kier molecular flexibility index (Phi) is 1.48. The normalized spacial score (nSPS) is 37.1. The minimum atomic E-state index is -0.741. The molecular formula is C6H10N2O2. The van der Waals surface area contributed by atoms with Crippen LogP contribution in [0.5, 0.6) is 0 Å². The summed E-state index contributed by atoms with van der Waals surface area (Å²) >= 11 is 0. The largest absolute Gasteiger partial charge is 0.370 e. The molecule has 56 valence electrons. The number of rotatable bonds is 3. The zero-order valence-corrected chi connectivity index (χ0v) is 5.54. The molecule has 1 fully saturated rings. The minimum Gasteiger partial charge on any atom is -0.370 e. The summed E-state index contributed by atoms with van der Waals surface area (Å²) in [5.74, 6) is -0.401. The Morgan fingerprint density at radius 1 is 1.80 bits per heavy atom. The fraction of sp³-hybridized carbons (Fsp3) is 0.667. The predicted octanol–water partition coefficient (Wildman–Crippen LogP) is -1.22. The van der Waals surface area contributed by atoms with Gasteiger partial charge in [0.05, 0.1) is 5.54 Å². The Labute approximate surface area is 58.6 Å². The maximum absolute atomic E-state index is 10.3. The number of carbonyl (C=O) groups is 2. The number of aldehydes is 1. The van der Waals surface area contributed by atoms with Crippen LogP contribution in [0.3, 0.4) is 0 Å². The molecule has 0 aromatic heterocycles. The SMILES string of the molecule is NC(=O)C[C@H]1C[C@]1(N)C=O. The van der Waals surface area contributed by atoms with Crippen molar-refractivity contribution < 1.29 is 9.59 Å². The van der Waals surface area contributed by atoms with Gasteiger partial charge in [0.1, 0.15) is 6.29 Å². The highest BCUT2D eigenvalue weighted by atomic mass is 16.1. The second kappa shape index (κ2) is 2.05. The van der Waals surface area contributed by atoms with E-state index in [1.807, 2.05) is 0 Å². The Morgan fingerprint density at radius 3 is 2.70 bits per heavy atom. The van der Waals surface area contributed by atoms with Crippen LogP contribution in [0.25, 0.3) is 0 Å². The summed E-state index contributed by atoms with van der Waals surface area (Å²) in [6, 6.07) is 0. The summed E-state index contributed by atoms with van der Waals surface area (Å²) in [4.78, 5) is 20.5. The Hall–Kier alpha value is -0.900. The third-order valence-electron chi connectivity index (χ3n) is 1.87.